The van der Waals surface area contributed by atoms with Gasteiger partial charge in [-0.2, -0.15) is 18.3 Å². The predicted octanol–water partition coefficient (Wildman–Crippen LogP) is 17.9. The molecule has 5 saturated heterocycles. The SMILES string of the molecule is CC(=O)N(C)Cc1ccc(-c2cc(O[C@H](C)[C@H]3CNC(=O)C3)c3cccnc3c2)cc1.CCN(Cc1ccc(-c2cc(OCc3ncccc3C(N)=O)c3cccnc3c2)cc1)C(C)=O.C[C@@H](Oc1cc(-c2ccc(C(F)(F)F)cn2)cc2ncccc12)[C@H]1CNC(=O)C1.C[C@@H](Oc1cc(-c2ccc(N3CCOCC3)nc2)cc2ncccc12)[C@H]1CNC(=O)C1.C[C@@H](Oc1cc(-c2cnn(C)c2)cc2ncccc12)[C@H]1CNC(=O)C1. The number of halogens is 3. The minimum absolute atomic E-state index is 0.000296. The van der Waals surface area contributed by atoms with Gasteiger partial charge >= 0.3 is 6.18 Å². The number of morpholine rings is 1. The second-order valence-electron chi connectivity index (χ2n) is 37.9. The Balaban J connectivity index is 0.000000128. The molecule has 5 aliphatic heterocycles. The fraction of sp³-hybridized carbons (Fsp3) is 0.293. The fourth-order valence-corrected chi connectivity index (χ4v) is 18.5. The first kappa shape index (κ1) is 104. The molecule has 7 amide bonds. The Kier molecular flexibility index (Phi) is 33.2. The number of carbonyl (C=O) groups excluding carboxylic acids is 7. The van der Waals surface area contributed by atoms with Crippen molar-refractivity contribution in [1.29, 1.82) is 0 Å². The number of pyridine rings is 8. The highest BCUT2D eigenvalue weighted by atomic mass is 19.4. The molecule has 7 aromatic carbocycles. The van der Waals surface area contributed by atoms with Crippen molar-refractivity contribution >= 4 is 102 Å². The summed E-state index contributed by atoms with van der Waals surface area (Å²) in [6.45, 7) is 20.7. The van der Waals surface area contributed by atoms with Crippen LogP contribution in [0.4, 0.5) is 19.0 Å². The van der Waals surface area contributed by atoms with E-state index in [1.165, 1.54) is 6.07 Å². The molecule has 0 bridgehead atoms. The topological polar surface area (TPSA) is 380 Å². The van der Waals surface area contributed by atoms with Gasteiger partial charge in [-0.15, -0.1) is 0 Å². The summed E-state index contributed by atoms with van der Waals surface area (Å²) in [6.07, 6.45) is 13.9. The number of ether oxygens (including phenoxy) is 6. The van der Waals surface area contributed by atoms with Crippen molar-refractivity contribution in [2.24, 2.45) is 36.5 Å². The van der Waals surface area contributed by atoms with Crippen LogP contribution in [0.15, 0.2) is 268 Å². The summed E-state index contributed by atoms with van der Waals surface area (Å²) in [5.74, 6) is 4.86. The highest BCUT2D eigenvalue weighted by Gasteiger charge is 2.35. The van der Waals surface area contributed by atoms with E-state index in [9.17, 15) is 46.7 Å². The molecule has 0 saturated carbocycles. The van der Waals surface area contributed by atoms with Gasteiger partial charge in [0.05, 0.1) is 69.5 Å². The zero-order valence-electron chi connectivity index (χ0n) is 84.7. The molecule has 6 N–H and O–H groups in total. The molecule has 150 heavy (non-hydrogen) atoms. The zero-order valence-corrected chi connectivity index (χ0v) is 84.7. The maximum atomic E-state index is 12.8. The molecule has 31 nitrogen and oxygen atoms in total. The van der Waals surface area contributed by atoms with Gasteiger partial charge in [-0.25, -0.2) is 4.98 Å². The first-order valence-corrected chi connectivity index (χ1v) is 50.0. The minimum Gasteiger partial charge on any atom is -0.490 e. The van der Waals surface area contributed by atoms with Crippen LogP contribution >= 0.6 is 0 Å². The Bertz CT molecular complexity index is 7570. The van der Waals surface area contributed by atoms with Gasteiger partial charge in [0.2, 0.25) is 35.4 Å². The summed E-state index contributed by atoms with van der Waals surface area (Å²) < 4.78 is 76.9. The molecule has 21 rings (SSSR count). The zero-order chi connectivity index (χ0) is 105. The largest absolute Gasteiger partial charge is 0.490 e. The van der Waals surface area contributed by atoms with Crippen LogP contribution in [-0.4, -0.2) is 191 Å². The quantitative estimate of drug-likeness (QED) is 0.0319. The molecule has 0 spiro atoms. The maximum Gasteiger partial charge on any atom is 0.417 e. The van der Waals surface area contributed by atoms with Crippen LogP contribution in [0.25, 0.3) is 110 Å². The first-order chi connectivity index (χ1) is 72.4. The lowest BCUT2D eigenvalue weighted by Gasteiger charge is -2.27. The van der Waals surface area contributed by atoms with Gasteiger partial charge in [-0.05, 0) is 237 Å². The molecule has 770 valence electrons. The number of fused-ring (bicyclic) bond motifs is 5. The van der Waals surface area contributed by atoms with Crippen molar-refractivity contribution in [3.63, 3.8) is 0 Å². The number of carbonyl (C=O) groups is 7. The number of rotatable bonds is 27. The summed E-state index contributed by atoms with van der Waals surface area (Å²) in [5, 5.41) is 20.2. The normalized spacial score (nSPS) is 16.5. The van der Waals surface area contributed by atoms with Gasteiger partial charge in [0, 0.05) is 236 Å². The molecule has 0 unspecified atom stereocenters. The Hall–Kier alpha value is -16.9. The fourth-order valence-electron chi connectivity index (χ4n) is 18.5. The summed E-state index contributed by atoms with van der Waals surface area (Å²) in [7, 11) is 3.69. The first-order valence-electron chi connectivity index (χ1n) is 50.0. The maximum absolute atomic E-state index is 12.8. The Morgan fingerprint density at radius 3 is 1.19 bits per heavy atom. The van der Waals surface area contributed by atoms with E-state index in [4.69, 9.17) is 34.2 Å². The predicted molar refractivity (Wildman–Crippen MR) is 567 cm³/mol. The van der Waals surface area contributed by atoms with E-state index in [2.05, 4.69) is 114 Å². The molecule has 16 aromatic rings. The van der Waals surface area contributed by atoms with Crippen molar-refractivity contribution in [1.82, 2.24) is 80.7 Å². The van der Waals surface area contributed by atoms with Crippen molar-refractivity contribution in [2.45, 2.75) is 124 Å². The number of alkyl halides is 3. The molecule has 0 radical (unpaired) electrons. The average molecular weight is 2030 g/mol. The van der Waals surface area contributed by atoms with E-state index in [1.807, 2.05) is 182 Å². The number of benzene rings is 7. The van der Waals surface area contributed by atoms with Crippen LogP contribution < -0.4 is 55.6 Å². The number of aryl methyl sites for hydroxylation is 1. The van der Waals surface area contributed by atoms with E-state index in [-0.39, 0.29) is 90.1 Å². The third-order valence-corrected chi connectivity index (χ3v) is 27.5. The number of hydrogen-bond acceptors (Lipinski definition) is 23. The van der Waals surface area contributed by atoms with E-state index in [0.29, 0.717) is 111 Å². The lowest BCUT2D eigenvalue weighted by Crippen LogP contribution is -2.36. The number of anilines is 1. The Morgan fingerprint density at radius 2 is 0.827 bits per heavy atom. The molecular formula is C116H117F3N18O13. The molecule has 34 heteroatoms. The highest BCUT2D eigenvalue weighted by molar-refractivity contribution is 5.96. The summed E-state index contributed by atoms with van der Waals surface area (Å²) in [5.41, 5.74) is 20.8. The van der Waals surface area contributed by atoms with Gasteiger partial charge in [-0.1, -0.05) is 48.5 Å². The number of hydrogen-bond donors (Lipinski definition) is 5. The van der Waals surface area contributed by atoms with Gasteiger partial charge in [0.15, 0.2) is 0 Å². The number of nitrogens with zero attached hydrogens (tertiary/aromatic N) is 13. The van der Waals surface area contributed by atoms with E-state index in [0.717, 1.165) is 166 Å². The summed E-state index contributed by atoms with van der Waals surface area (Å²) in [4.78, 5) is 122. The van der Waals surface area contributed by atoms with Crippen LogP contribution in [0.2, 0.25) is 0 Å². The molecule has 5 aliphatic rings. The van der Waals surface area contributed by atoms with E-state index < -0.39 is 17.6 Å². The number of amides is 7. The average Bonchev–Trinajstić information content (AvgIpc) is 1.09. The third kappa shape index (κ3) is 26.2. The van der Waals surface area contributed by atoms with Gasteiger partial charge in [0.1, 0.15) is 65.6 Å². The molecule has 8 atom stereocenters. The minimum atomic E-state index is -4.44. The van der Waals surface area contributed by atoms with Gasteiger partial charge in [-0.3, -0.25) is 73.1 Å². The second kappa shape index (κ2) is 47.7. The lowest BCUT2D eigenvalue weighted by atomic mass is 10.0. The van der Waals surface area contributed by atoms with Gasteiger partial charge in [0.25, 0.3) is 5.91 Å². The Labute approximate surface area is 865 Å². The number of primary amides is 1. The van der Waals surface area contributed by atoms with Crippen LogP contribution in [0.3, 0.4) is 0 Å². The van der Waals surface area contributed by atoms with Crippen molar-refractivity contribution < 1.29 is 75.2 Å². The summed E-state index contributed by atoms with van der Waals surface area (Å²) >= 11 is 0. The van der Waals surface area contributed by atoms with E-state index >= 15 is 0 Å². The molecular weight excluding hydrogens is 1910 g/mol. The van der Waals surface area contributed by atoms with Crippen molar-refractivity contribution in [2.75, 3.05) is 71.0 Å². The third-order valence-electron chi connectivity index (χ3n) is 27.5. The van der Waals surface area contributed by atoms with Gasteiger partial charge < -0.3 is 70.1 Å². The monoisotopic (exact) mass is 2030 g/mol. The van der Waals surface area contributed by atoms with E-state index in [1.54, 1.807) is 103 Å². The standard InChI is InChI=1S/C27H26N4O3.C25H27N3O3.C24H26N4O3.C21H18F3N3O2.C19H20N4O2/c1-3-31(18(2)32)16-19-8-10-20(11-9-19)21-14-24-22(6-4-12-29-24)26(15-21)34-17-25-23(27(28)33)7-5-13-30-25;1-16(21-13-25(30)27-14-21)31-24-12-20(11-23-22(24)5-4-10-26-23)19-8-6-18(7-9-19)15-28(3)17(2)29;1-16(19-13-24(29)27-15-19)31-22-12-18(11-21-20(22)3-2-6-25-21)17-4-5-23(26-14-17)28-7-9-30-10-8-28;1-12(14-9-20(28)27-10-14)29-19-8-13(7-18-16(19)3-2-6-25-18)17-5-4-15(11-26-17)21(22,23)24;1-12(14-8-19(24)21-9-14)25-18-7-13(15-10-22-23(2)11-15)6-17-16(18)4-3-5-20-17/h4-15H,3,16-17H2,1-2H3,(H2,28,33);4-12,16,21H,13-15H2,1-3H3,(H,27,30);2-6,11-12,14,16,19H,7-10,13,15H2,1H3,(H,27,29);2-8,11-12,14H,9-10H2,1H3,(H,27,28);3-7,10-12,14H,8-9H2,1-2H3,(H,21,24)/t;16-,21-;16-,19-;2*12-,14-/m.1111/s1. The molecule has 5 fully saturated rings. The lowest BCUT2D eigenvalue weighted by molar-refractivity contribution is -0.138. The van der Waals surface area contributed by atoms with Crippen molar-refractivity contribution in [3.8, 4) is 84.5 Å². The number of aromatic nitrogens is 10. The molecule has 0 aliphatic carbocycles. The summed E-state index contributed by atoms with van der Waals surface area (Å²) in [6, 6.07) is 65.1. The number of nitrogens with one attached hydrogen (secondary N) is 4. The second-order valence-corrected chi connectivity index (χ2v) is 37.9. The smallest absolute Gasteiger partial charge is 0.417 e. The van der Waals surface area contributed by atoms with Crippen LogP contribution in [0, 0.1) is 23.7 Å². The van der Waals surface area contributed by atoms with Crippen molar-refractivity contribution in [3.05, 3.63) is 296 Å². The van der Waals surface area contributed by atoms with Crippen LogP contribution in [0.5, 0.6) is 28.7 Å². The molecule has 9 aromatic heterocycles. The van der Waals surface area contributed by atoms with Crippen LogP contribution in [0.1, 0.15) is 107 Å². The number of nitrogens with two attached hydrogens (primary N) is 1. The molecule has 14 heterocycles. The van der Waals surface area contributed by atoms with Crippen LogP contribution in [-0.2, 0) is 66.4 Å². The highest BCUT2D eigenvalue weighted by Crippen LogP contribution is 2.42. The Morgan fingerprint density at radius 1 is 0.440 bits per heavy atom.